The summed E-state index contributed by atoms with van der Waals surface area (Å²) in [6.45, 7) is 3.95. The Morgan fingerprint density at radius 2 is 1.02 bits per heavy atom. The van der Waals surface area contributed by atoms with Crippen LogP contribution in [0.2, 0.25) is 0 Å². The topological polar surface area (TPSA) is 459 Å². The van der Waals surface area contributed by atoms with Gasteiger partial charge in [-0.3, -0.25) is 82.7 Å². The Bertz CT molecular complexity index is 2270. The number of carbonyl (C=O) groups is 14. The molecule has 1 heterocycles. The predicted octanol–water partition coefficient (Wildman–Crippen LogP) is -4.08. The van der Waals surface area contributed by atoms with E-state index in [1.807, 2.05) is 0 Å². The van der Waals surface area contributed by atoms with E-state index in [0.717, 1.165) is 46.5 Å². The number of nitrogens with zero attached hydrogens (tertiary/aromatic N) is 3. The van der Waals surface area contributed by atoms with Crippen LogP contribution in [0, 0.1) is 5.92 Å². The minimum atomic E-state index is -1.79. The van der Waals surface area contributed by atoms with E-state index in [1.165, 1.54) is 20.8 Å². The van der Waals surface area contributed by atoms with Gasteiger partial charge < -0.3 is 63.0 Å². The first-order chi connectivity index (χ1) is 39.1. The van der Waals surface area contributed by atoms with Crippen LogP contribution in [0.3, 0.4) is 0 Å². The third kappa shape index (κ3) is 30.2. The highest BCUT2D eigenvalue weighted by molar-refractivity contribution is 5.98. The number of hydroxylamine groups is 6. The Kier molecular flexibility index (Phi) is 34.9. The molecule has 1 saturated heterocycles. The highest BCUT2D eigenvalue weighted by Crippen LogP contribution is 2.08. The van der Waals surface area contributed by atoms with Crippen LogP contribution in [-0.4, -0.2) is 213 Å². The Morgan fingerprint density at radius 3 is 1.53 bits per heavy atom. The Balaban J connectivity index is 3.79. The molecule has 468 valence electrons. The average molecular weight is 1180 g/mol. The first kappa shape index (κ1) is 73.2. The minimum absolute atomic E-state index is 0.104. The number of allylic oxidation sites excluding steroid dienone is 1. The second-order valence-electron chi connectivity index (χ2n) is 19.8. The largest absolute Gasteiger partial charge is 0.462 e. The molecule has 32 nitrogen and oxygen atoms in total. The van der Waals surface area contributed by atoms with Crippen molar-refractivity contribution in [2.45, 2.75) is 168 Å². The van der Waals surface area contributed by atoms with Gasteiger partial charge >= 0.3 is 5.97 Å². The summed E-state index contributed by atoms with van der Waals surface area (Å²) >= 11 is 0. The number of amides is 13. The highest BCUT2D eigenvalue weighted by atomic mass is 16.5. The first-order valence-electron chi connectivity index (χ1n) is 27.4. The van der Waals surface area contributed by atoms with Crippen LogP contribution in [0.25, 0.3) is 0 Å². The zero-order valence-corrected chi connectivity index (χ0v) is 48.2. The monoisotopic (exact) mass is 1180 g/mol. The molecule has 0 unspecified atom stereocenters. The number of rotatable bonds is 22. The van der Waals surface area contributed by atoms with Gasteiger partial charge in [0.05, 0.1) is 19.7 Å². The fraction of sp³-hybridized carbons (Fsp3) is 0.686. The van der Waals surface area contributed by atoms with Gasteiger partial charge in [-0.15, -0.1) is 0 Å². The van der Waals surface area contributed by atoms with E-state index in [0.29, 0.717) is 21.6 Å². The lowest BCUT2D eigenvalue weighted by molar-refractivity contribution is -0.163. The summed E-state index contributed by atoms with van der Waals surface area (Å²) in [7, 11) is 0. The number of hydrogen-bond acceptors (Lipinski definition) is 19. The number of ether oxygens (including phenoxy) is 1. The van der Waals surface area contributed by atoms with Gasteiger partial charge in [0.2, 0.25) is 76.8 Å². The normalized spacial score (nSPS) is 21.9. The second-order valence-corrected chi connectivity index (χ2v) is 19.8. The summed E-state index contributed by atoms with van der Waals surface area (Å²) in [4.78, 5) is 183. The van der Waals surface area contributed by atoms with Gasteiger partial charge in [-0.1, -0.05) is 52.2 Å². The van der Waals surface area contributed by atoms with E-state index in [4.69, 9.17) is 4.74 Å². The van der Waals surface area contributed by atoms with Gasteiger partial charge in [-0.05, 0) is 64.2 Å². The van der Waals surface area contributed by atoms with Crippen LogP contribution < -0.4 is 53.2 Å². The lowest BCUT2D eigenvalue weighted by Gasteiger charge is -2.27. The fourth-order valence-corrected chi connectivity index (χ4v) is 7.55. The van der Waals surface area contributed by atoms with E-state index in [9.17, 15) is 87.9 Å². The minimum Gasteiger partial charge on any atom is -0.462 e. The number of esters is 1. The number of unbranched alkanes of at least 4 members (excludes halogenated alkanes) is 4. The summed E-state index contributed by atoms with van der Waals surface area (Å²) < 4.78 is 5.29. The molecule has 32 heteroatoms. The molecule has 0 spiro atoms. The Morgan fingerprint density at radius 1 is 0.566 bits per heavy atom. The van der Waals surface area contributed by atoms with Crippen molar-refractivity contribution in [3.8, 4) is 0 Å². The molecule has 0 aromatic rings. The lowest BCUT2D eigenvalue weighted by atomic mass is 10.0. The van der Waals surface area contributed by atoms with Gasteiger partial charge in [0.15, 0.2) is 0 Å². The number of aliphatic hydroxyl groups is 1. The third-order valence-electron chi connectivity index (χ3n) is 12.4. The summed E-state index contributed by atoms with van der Waals surface area (Å²) in [5.41, 5.74) is 0. The van der Waals surface area contributed by atoms with Gasteiger partial charge in [-0.2, -0.15) is 0 Å². The maximum Gasteiger partial charge on any atom is 0.325 e. The summed E-state index contributed by atoms with van der Waals surface area (Å²) in [6, 6.07) is -11.0. The Hall–Kier alpha value is -7.84. The van der Waals surface area contributed by atoms with Crippen molar-refractivity contribution in [1.29, 1.82) is 0 Å². The van der Waals surface area contributed by atoms with Crippen molar-refractivity contribution < 1.29 is 92.6 Å². The third-order valence-corrected chi connectivity index (χ3v) is 12.4. The smallest absolute Gasteiger partial charge is 0.325 e. The first-order valence-corrected chi connectivity index (χ1v) is 27.4. The van der Waals surface area contributed by atoms with Crippen molar-refractivity contribution in [2.24, 2.45) is 5.92 Å². The molecule has 7 atom stereocenters. The van der Waals surface area contributed by atoms with E-state index in [1.54, 1.807) is 12.2 Å². The number of aliphatic hydroxyl groups excluding tert-OH is 1. The van der Waals surface area contributed by atoms with Crippen molar-refractivity contribution in [2.75, 3.05) is 52.5 Å². The van der Waals surface area contributed by atoms with Gasteiger partial charge in [0.1, 0.15) is 55.4 Å². The molecule has 83 heavy (non-hydrogen) atoms. The molecule has 1 aliphatic heterocycles. The van der Waals surface area contributed by atoms with Gasteiger partial charge in [0.25, 0.3) is 0 Å². The van der Waals surface area contributed by atoms with E-state index in [-0.39, 0.29) is 64.6 Å². The van der Waals surface area contributed by atoms with Crippen molar-refractivity contribution in [1.82, 2.24) is 68.4 Å². The summed E-state index contributed by atoms with van der Waals surface area (Å²) in [5.74, 6) is -14.1. The van der Waals surface area contributed by atoms with E-state index >= 15 is 0 Å². The van der Waals surface area contributed by atoms with Gasteiger partial charge in [-0.25, -0.2) is 15.2 Å². The molecule has 0 bridgehead atoms. The molecule has 0 saturated carbocycles. The van der Waals surface area contributed by atoms with E-state index < -0.39 is 164 Å². The number of hydrogen-bond donors (Lipinski definition) is 14. The van der Waals surface area contributed by atoms with Gasteiger partial charge in [0, 0.05) is 46.8 Å². The molecule has 0 aromatic heterocycles. The van der Waals surface area contributed by atoms with Crippen LogP contribution in [0.4, 0.5) is 0 Å². The van der Waals surface area contributed by atoms with Crippen molar-refractivity contribution in [3.63, 3.8) is 0 Å². The van der Waals surface area contributed by atoms with Crippen LogP contribution in [0.5, 0.6) is 0 Å². The fourth-order valence-electron chi connectivity index (χ4n) is 7.55. The number of carbonyl (C=O) groups excluding carboxylic acids is 14. The summed E-state index contributed by atoms with van der Waals surface area (Å²) in [5, 5.41) is 64.6. The van der Waals surface area contributed by atoms with Crippen molar-refractivity contribution in [3.05, 3.63) is 12.2 Å². The molecule has 0 radical (unpaired) electrons. The molecule has 1 fully saturated rings. The molecule has 13 amide bonds. The number of nitrogens with one attached hydrogen (secondary N) is 10. The van der Waals surface area contributed by atoms with Crippen LogP contribution in [0.1, 0.15) is 126 Å². The van der Waals surface area contributed by atoms with Crippen molar-refractivity contribution >= 4 is 82.8 Å². The molecule has 14 N–H and O–H groups in total. The maximum absolute atomic E-state index is 14.0. The molecule has 0 aromatic carbocycles. The quantitative estimate of drug-likeness (QED) is 0.0161. The second kappa shape index (κ2) is 39.6. The van der Waals surface area contributed by atoms with Crippen LogP contribution in [0.15, 0.2) is 12.2 Å². The standard InChI is InChI=1S/C51H85N13O19/c1-8-9-10-11-12-13-14-21-40(69)57-39-29-83-43(72)27-54-46(74)35(18-15-22-62(80)32(5)66)56-41(70)25-52-45(73)31(4)55-48(76)37(20-17-24-64(82)34(7)68)59-49(77)38(28-65)60-51(79)44(30(2)3)61-42(71)26-53-47(75)36(58-50(39)78)19-16-23-63(81)33(6)67/h13-14,30-31,35-39,44,65,80-82H,8-12,15-29H2,1-7H3,(H,52,73)(H,53,75)(H,54,74)(H,55,76)(H,56,70)(H,57,69)(H,58,78)(H,59,77)(H,60,79)(H,61,71)/b14-13+/t31-,35-,36-,37-,38+,39-,44-/m0/s1. The molecular formula is C51H85N13O19. The zero-order valence-electron chi connectivity index (χ0n) is 48.2. The number of cyclic esters (lactones) is 1. The SMILES string of the molecule is CCCCCC/C=C/CC(=O)N[C@H]1COC(=O)CNC(=O)[C@H](CCCN(O)C(C)=O)NC(=O)CNC(=O)[C@H](C)NC(=O)[C@H](CCCN(O)C(C)=O)NC(=O)[C@@H](CO)NC(=O)[C@H](C(C)C)NC(=O)CNC(=O)[C@H](CCCN(O)C(C)=O)NC1=O. The van der Waals surface area contributed by atoms with Crippen LogP contribution >= 0.6 is 0 Å². The molecule has 0 aliphatic carbocycles. The lowest BCUT2D eigenvalue weighted by Crippen LogP contribution is -2.60. The van der Waals surface area contributed by atoms with E-state index in [2.05, 4.69) is 60.1 Å². The van der Waals surface area contributed by atoms with Crippen LogP contribution in [-0.2, 0) is 71.9 Å². The highest BCUT2D eigenvalue weighted by Gasteiger charge is 2.34. The zero-order chi connectivity index (χ0) is 62.8. The molecular weight excluding hydrogens is 1100 g/mol. The average Bonchev–Trinajstić information content (AvgIpc) is 3.46. The maximum atomic E-state index is 14.0. The molecule has 1 aliphatic rings. The predicted molar refractivity (Wildman–Crippen MR) is 289 cm³/mol. The molecule has 1 rings (SSSR count). The summed E-state index contributed by atoms with van der Waals surface area (Å²) in [6.07, 6.45) is 6.38. The Labute approximate surface area is 480 Å².